The highest BCUT2D eigenvalue weighted by Gasteiger charge is 2.37. The molecule has 0 heterocycles. The molecule has 0 unspecified atom stereocenters. The van der Waals surface area contributed by atoms with E-state index in [1.54, 1.807) is 14.6 Å². The minimum Gasteiger partial charge on any atom is -0.466 e. The number of carbonyl (C=O) groups excluding carboxylic acids is 1. The van der Waals surface area contributed by atoms with E-state index in [0.717, 1.165) is 22.2 Å². The molecule has 2 rings (SSSR count). The predicted molar refractivity (Wildman–Crippen MR) is 114 cm³/mol. The van der Waals surface area contributed by atoms with Gasteiger partial charge in [0.25, 0.3) is 0 Å². The van der Waals surface area contributed by atoms with Crippen molar-refractivity contribution in [3.05, 3.63) is 54.1 Å². The summed E-state index contributed by atoms with van der Waals surface area (Å²) >= 11 is 0. The topological polar surface area (TPSA) is 44.8 Å². The van der Waals surface area contributed by atoms with E-state index in [2.05, 4.69) is 12.1 Å². The zero-order chi connectivity index (χ0) is 20.8. The maximum Gasteiger partial charge on any atom is 0.330 e. The molecule has 0 saturated heterocycles. The first-order chi connectivity index (χ1) is 13.2. The molecule has 0 N–H and O–H groups in total. The molecule has 4 nitrogen and oxygen atoms in total. The van der Waals surface area contributed by atoms with Gasteiger partial charge in [-0.2, -0.15) is 0 Å². The lowest BCUT2D eigenvalue weighted by Crippen LogP contribution is -2.50. The van der Waals surface area contributed by atoms with Crippen LogP contribution in [0.1, 0.15) is 40.2 Å². The summed E-state index contributed by atoms with van der Waals surface area (Å²) in [6, 6.07) is 16.1. The third kappa shape index (κ3) is 5.70. The number of ether oxygens (including phenoxy) is 2. The Labute approximate surface area is 169 Å². The quantitative estimate of drug-likeness (QED) is 0.488. The minimum absolute atomic E-state index is 0.199. The van der Waals surface area contributed by atoms with Gasteiger partial charge in [0.1, 0.15) is 0 Å². The van der Waals surface area contributed by atoms with Crippen molar-refractivity contribution in [2.45, 2.75) is 52.2 Å². The molecule has 0 fully saturated rings. The van der Waals surface area contributed by atoms with E-state index < -0.39 is 11.2 Å². The van der Waals surface area contributed by atoms with Crippen molar-refractivity contribution in [2.24, 2.45) is 0 Å². The van der Waals surface area contributed by atoms with Gasteiger partial charge in [0, 0.05) is 7.11 Å². The van der Waals surface area contributed by atoms with Gasteiger partial charge in [-0.25, -0.2) is 0 Å². The standard InChI is InChI=1S/C23H30BO4/c1-7-27-21(25)16-17-8-10-18(11-9-17)19-12-14-20(15-13-19)24-28-23(4,5)22(2,3)26-6/h8-15H,7,16H2,1-6H3. The lowest BCUT2D eigenvalue weighted by atomic mass is 9.82. The molecule has 2 aromatic rings. The number of methoxy groups -OCH3 is 1. The molecular weight excluding hydrogens is 351 g/mol. The fourth-order valence-electron chi connectivity index (χ4n) is 2.55. The smallest absolute Gasteiger partial charge is 0.330 e. The van der Waals surface area contributed by atoms with Crippen molar-refractivity contribution in [1.29, 1.82) is 0 Å². The summed E-state index contributed by atoms with van der Waals surface area (Å²) in [6.07, 6.45) is 0.299. The molecule has 0 aliphatic heterocycles. The van der Waals surface area contributed by atoms with Crippen molar-refractivity contribution in [1.82, 2.24) is 0 Å². The fourth-order valence-corrected chi connectivity index (χ4v) is 2.55. The maximum absolute atomic E-state index is 11.6. The molecule has 2 aromatic carbocycles. The molecule has 0 bridgehead atoms. The van der Waals surface area contributed by atoms with Crippen molar-refractivity contribution < 1.29 is 18.9 Å². The Kier molecular flexibility index (Phi) is 7.45. The third-order valence-electron chi connectivity index (χ3n) is 5.30. The number of hydrogen-bond donors (Lipinski definition) is 0. The van der Waals surface area contributed by atoms with Crippen molar-refractivity contribution in [3.8, 4) is 11.1 Å². The van der Waals surface area contributed by atoms with E-state index >= 15 is 0 Å². The van der Waals surface area contributed by atoms with Crippen molar-refractivity contribution in [3.63, 3.8) is 0 Å². The SMILES string of the molecule is CCOC(=O)Cc1ccc(-c2ccc([B]OC(C)(C)C(C)(C)OC)cc2)cc1. The zero-order valence-electron chi connectivity index (χ0n) is 17.7. The molecular formula is C23H30BO4. The number of esters is 1. The first-order valence-electron chi connectivity index (χ1n) is 9.59. The average molecular weight is 381 g/mol. The van der Waals surface area contributed by atoms with Crippen LogP contribution in [0.25, 0.3) is 11.1 Å². The van der Waals surface area contributed by atoms with Gasteiger partial charge in [-0.3, -0.25) is 4.79 Å². The van der Waals surface area contributed by atoms with Gasteiger partial charge in [0.2, 0.25) is 0 Å². The lowest BCUT2D eigenvalue weighted by Gasteiger charge is -2.40. The van der Waals surface area contributed by atoms with Crippen molar-refractivity contribution >= 4 is 18.9 Å². The van der Waals surface area contributed by atoms with E-state index in [0.29, 0.717) is 13.0 Å². The number of hydrogen-bond acceptors (Lipinski definition) is 4. The second-order valence-corrected chi connectivity index (χ2v) is 7.76. The lowest BCUT2D eigenvalue weighted by molar-refractivity contribution is -0.142. The van der Waals surface area contributed by atoms with Crippen LogP contribution >= 0.6 is 0 Å². The summed E-state index contributed by atoms with van der Waals surface area (Å²) in [5.74, 6) is -0.199. The van der Waals surface area contributed by atoms with Gasteiger partial charge in [0.05, 0.1) is 24.2 Å². The second kappa shape index (κ2) is 9.40. The first kappa shape index (κ1) is 22.2. The molecule has 0 aliphatic rings. The monoisotopic (exact) mass is 381 g/mol. The Morgan fingerprint density at radius 1 is 0.893 bits per heavy atom. The predicted octanol–water partition coefficient (Wildman–Crippen LogP) is 3.92. The van der Waals surface area contributed by atoms with Crippen LogP contribution in [0.2, 0.25) is 0 Å². The van der Waals surface area contributed by atoms with Gasteiger partial charge in [-0.05, 0) is 51.3 Å². The summed E-state index contributed by atoms with van der Waals surface area (Å²) in [7, 11) is 3.46. The van der Waals surface area contributed by atoms with E-state index in [1.807, 2.05) is 71.0 Å². The van der Waals surface area contributed by atoms with Gasteiger partial charge in [-0.15, -0.1) is 0 Å². The molecule has 5 heteroatoms. The Morgan fingerprint density at radius 2 is 1.43 bits per heavy atom. The summed E-state index contributed by atoms with van der Waals surface area (Å²) in [5.41, 5.74) is 3.27. The van der Waals surface area contributed by atoms with Crippen LogP contribution in [0.4, 0.5) is 0 Å². The van der Waals surface area contributed by atoms with Crippen LogP contribution in [0, 0.1) is 0 Å². The maximum atomic E-state index is 11.6. The molecule has 1 radical (unpaired) electrons. The molecule has 28 heavy (non-hydrogen) atoms. The van der Waals surface area contributed by atoms with Gasteiger partial charge < -0.3 is 14.1 Å². The molecule has 0 amide bonds. The summed E-state index contributed by atoms with van der Waals surface area (Å²) in [5, 5.41) is 0. The number of carbonyl (C=O) groups is 1. The highest BCUT2D eigenvalue weighted by atomic mass is 16.5. The summed E-state index contributed by atoms with van der Waals surface area (Å²) in [6.45, 7) is 10.3. The Morgan fingerprint density at radius 3 is 1.93 bits per heavy atom. The van der Waals surface area contributed by atoms with Gasteiger partial charge >= 0.3 is 13.5 Å². The molecule has 0 aromatic heterocycles. The minimum atomic E-state index is -0.463. The van der Waals surface area contributed by atoms with E-state index in [9.17, 15) is 4.79 Å². The van der Waals surface area contributed by atoms with Crippen LogP contribution in [-0.2, 0) is 25.3 Å². The highest BCUT2D eigenvalue weighted by molar-refractivity contribution is 6.47. The zero-order valence-corrected chi connectivity index (χ0v) is 17.7. The van der Waals surface area contributed by atoms with E-state index in [-0.39, 0.29) is 5.97 Å². The van der Waals surface area contributed by atoms with Crippen LogP contribution in [-0.4, -0.2) is 38.4 Å². The molecule has 0 aliphatic carbocycles. The molecule has 0 spiro atoms. The highest BCUT2D eigenvalue weighted by Crippen LogP contribution is 2.27. The van der Waals surface area contributed by atoms with E-state index in [1.165, 1.54) is 0 Å². The van der Waals surface area contributed by atoms with Crippen LogP contribution < -0.4 is 5.46 Å². The van der Waals surface area contributed by atoms with Gasteiger partial charge in [0.15, 0.2) is 0 Å². The van der Waals surface area contributed by atoms with Crippen molar-refractivity contribution in [2.75, 3.05) is 13.7 Å². The Hall–Kier alpha value is -2.11. The Bertz CT molecular complexity index is 764. The van der Waals surface area contributed by atoms with E-state index in [4.69, 9.17) is 14.1 Å². The normalized spacial score (nSPS) is 11.9. The third-order valence-corrected chi connectivity index (χ3v) is 5.30. The van der Waals surface area contributed by atoms with Crippen LogP contribution in [0.5, 0.6) is 0 Å². The Balaban J connectivity index is 1.99. The molecule has 0 atom stereocenters. The van der Waals surface area contributed by atoms with Gasteiger partial charge in [-0.1, -0.05) is 54.0 Å². The fraction of sp³-hybridized carbons (Fsp3) is 0.435. The molecule has 149 valence electrons. The number of benzene rings is 2. The average Bonchev–Trinajstić information content (AvgIpc) is 2.67. The largest absolute Gasteiger partial charge is 0.466 e. The van der Waals surface area contributed by atoms with Crippen LogP contribution in [0.3, 0.4) is 0 Å². The summed E-state index contributed by atoms with van der Waals surface area (Å²) < 4.78 is 16.5. The second-order valence-electron chi connectivity index (χ2n) is 7.76. The summed E-state index contributed by atoms with van der Waals surface area (Å²) in [4.78, 5) is 11.6. The number of rotatable bonds is 9. The molecule has 0 saturated carbocycles. The van der Waals surface area contributed by atoms with Crippen LogP contribution in [0.15, 0.2) is 48.5 Å². The first-order valence-corrected chi connectivity index (χ1v) is 9.59.